The lowest BCUT2D eigenvalue weighted by Crippen LogP contribution is -2.10. The zero-order chi connectivity index (χ0) is 13.4. The van der Waals surface area contributed by atoms with E-state index in [2.05, 4.69) is 6.07 Å². The van der Waals surface area contributed by atoms with Crippen LogP contribution in [-0.2, 0) is 9.47 Å². The molecule has 1 aromatic carbocycles. The van der Waals surface area contributed by atoms with Crippen molar-refractivity contribution in [3.63, 3.8) is 0 Å². The molecule has 0 aliphatic rings. The van der Waals surface area contributed by atoms with E-state index in [0.717, 1.165) is 29.9 Å². The highest BCUT2D eigenvalue weighted by Crippen LogP contribution is 2.27. The normalized spacial score (nSPS) is 10.6. The number of methoxy groups -OCH3 is 1. The summed E-state index contributed by atoms with van der Waals surface area (Å²) in [5.41, 5.74) is 8.82. The molecule has 0 atom stereocenters. The standard InChI is InChI=1S/C14H23NO3/c1-11-9-12(2)14(13(15)10-11)18-8-7-17-6-4-5-16-3/h9-10H,4-8,15H2,1-3H3. The molecule has 102 valence electrons. The van der Waals surface area contributed by atoms with Crippen molar-refractivity contribution in [2.75, 3.05) is 39.3 Å². The van der Waals surface area contributed by atoms with Gasteiger partial charge >= 0.3 is 0 Å². The summed E-state index contributed by atoms with van der Waals surface area (Å²) >= 11 is 0. The SMILES string of the molecule is COCCCOCCOc1c(C)cc(C)cc1N. The lowest BCUT2D eigenvalue weighted by Gasteiger charge is -2.12. The molecule has 0 unspecified atom stereocenters. The number of ether oxygens (including phenoxy) is 3. The van der Waals surface area contributed by atoms with Crippen LogP contribution in [0, 0.1) is 13.8 Å². The monoisotopic (exact) mass is 253 g/mol. The molecular formula is C14H23NO3. The maximum Gasteiger partial charge on any atom is 0.145 e. The van der Waals surface area contributed by atoms with Crippen LogP contribution in [-0.4, -0.2) is 33.5 Å². The van der Waals surface area contributed by atoms with Crippen LogP contribution in [0.15, 0.2) is 12.1 Å². The van der Waals surface area contributed by atoms with E-state index in [0.29, 0.717) is 25.5 Å². The lowest BCUT2D eigenvalue weighted by atomic mass is 10.1. The average molecular weight is 253 g/mol. The van der Waals surface area contributed by atoms with Crippen LogP contribution in [0.5, 0.6) is 5.75 Å². The fourth-order valence-corrected chi connectivity index (χ4v) is 1.79. The summed E-state index contributed by atoms with van der Waals surface area (Å²) in [4.78, 5) is 0. The second kappa shape index (κ2) is 7.95. The summed E-state index contributed by atoms with van der Waals surface area (Å²) in [7, 11) is 1.69. The van der Waals surface area contributed by atoms with Crippen molar-refractivity contribution in [2.24, 2.45) is 0 Å². The molecule has 0 spiro atoms. The van der Waals surface area contributed by atoms with Gasteiger partial charge in [0.1, 0.15) is 12.4 Å². The minimum Gasteiger partial charge on any atom is -0.489 e. The first-order chi connectivity index (χ1) is 8.65. The molecule has 4 nitrogen and oxygen atoms in total. The molecule has 0 amide bonds. The van der Waals surface area contributed by atoms with Gasteiger partial charge in [-0.2, -0.15) is 0 Å². The molecule has 0 aliphatic carbocycles. The quantitative estimate of drug-likeness (QED) is 0.570. The Bertz CT molecular complexity index is 343. The van der Waals surface area contributed by atoms with Gasteiger partial charge in [0.05, 0.1) is 12.3 Å². The van der Waals surface area contributed by atoms with Crippen LogP contribution in [0.3, 0.4) is 0 Å². The van der Waals surface area contributed by atoms with Crippen molar-refractivity contribution in [1.82, 2.24) is 0 Å². The Morgan fingerprint density at radius 2 is 1.83 bits per heavy atom. The molecule has 18 heavy (non-hydrogen) atoms. The third-order valence-electron chi connectivity index (χ3n) is 2.56. The molecule has 0 fully saturated rings. The average Bonchev–Trinajstić information content (AvgIpc) is 2.30. The predicted octanol–water partition coefficient (Wildman–Crippen LogP) is 2.32. The number of nitrogens with two attached hydrogens (primary N) is 1. The van der Waals surface area contributed by atoms with Gasteiger partial charge in [-0.3, -0.25) is 0 Å². The maximum atomic E-state index is 5.92. The molecule has 0 saturated carbocycles. The number of aryl methyl sites for hydroxylation is 2. The highest BCUT2D eigenvalue weighted by molar-refractivity contribution is 5.58. The van der Waals surface area contributed by atoms with Gasteiger partial charge in [0.15, 0.2) is 0 Å². The number of hydrogen-bond donors (Lipinski definition) is 1. The molecule has 1 aromatic rings. The molecule has 1 rings (SSSR count). The highest BCUT2D eigenvalue weighted by Gasteiger charge is 2.05. The Labute approximate surface area is 109 Å². The van der Waals surface area contributed by atoms with Gasteiger partial charge in [-0.1, -0.05) is 6.07 Å². The Hall–Kier alpha value is -1.26. The van der Waals surface area contributed by atoms with Crippen molar-refractivity contribution >= 4 is 5.69 Å². The van der Waals surface area contributed by atoms with Gasteiger partial charge in [-0.05, 0) is 37.5 Å². The van der Waals surface area contributed by atoms with Crippen molar-refractivity contribution in [1.29, 1.82) is 0 Å². The first-order valence-corrected chi connectivity index (χ1v) is 6.21. The number of benzene rings is 1. The fraction of sp³-hybridized carbons (Fsp3) is 0.571. The molecule has 0 radical (unpaired) electrons. The van der Waals surface area contributed by atoms with E-state index in [4.69, 9.17) is 19.9 Å². The van der Waals surface area contributed by atoms with Crippen LogP contribution < -0.4 is 10.5 Å². The molecule has 0 aliphatic heterocycles. The zero-order valence-corrected chi connectivity index (χ0v) is 11.5. The predicted molar refractivity (Wildman–Crippen MR) is 73.1 cm³/mol. The van der Waals surface area contributed by atoms with E-state index in [1.54, 1.807) is 7.11 Å². The Morgan fingerprint density at radius 3 is 2.50 bits per heavy atom. The van der Waals surface area contributed by atoms with Gasteiger partial charge in [0, 0.05) is 20.3 Å². The number of hydrogen-bond acceptors (Lipinski definition) is 4. The third-order valence-corrected chi connectivity index (χ3v) is 2.56. The van der Waals surface area contributed by atoms with E-state index in [-0.39, 0.29) is 0 Å². The van der Waals surface area contributed by atoms with Crippen molar-refractivity contribution in [3.05, 3.63) is 23.3 Å². The molecule has 2 N–H and O–H groups in total. The third kappa shape index (κ3) is 4.94. The first-order valence-electron chi connectivity index (χ1n) is 6.21. The summed E-state index contributed by atoms with van der Waals surface area (Å²) in [6, 6.07) is 3.98. The number of anilines is 1. The van der Waals surface area contributed by atoms with Gasteiger partial charge < -0.3 is 19.9 Å². The summed E-state index contributed by atoms with van der Waals surface area (Å²) in [5.74, 6) is 0.765. The minimum atomic E-state index is 0.515. The van der Waals surface area contributed by atoms with Crippen LogP contribution in [0.2, 0.25) is 0 Å². The summed E-state index contributed by atoms with van der Waals surface area (Å²) in [6.45, 7) is 6.52. The molecule has 4 heteroatoms. The van der Waals surface area contributed by atoms with E-state index < -0.39 is 0 Å². The minimum absolute atomic E-state index is 0.515. The van der Waals surface area contributed by atoms with Crippen molar-refractivity contribution in [2.45, 2.75) is 20.3 Å². The van der Waals surface area contributed by atoms with Gasteiger partial charge in [-0.25, -0.2) is 0 Å². The van der Waals surface area contributed by atoms with Crippen LogP contribution in [0.4, 0.5) is 5.69 Å². The van der Waals surface area contributed by atoms with Gasteiger partial charge in [-0.15, -0.1) is 0 Å². The molecule has 0 saturated heterocycles. The van der Waals surface area contributed by atoms with Gasteiger partial charge in [0.2, 0.25) is 0 Å². The summed E-state index contributed by atoms with van der Waals surface area (Å²) < 4.78 is 16.0. The Balaban J connectivity index is 2.27. The van der Waals surface area contributed by atoms with E-state index >= 15 is 0 Å². The Kier molecular flexibility index (Phi) is 6.54. The summed E-state index contributed by atoms with van der Waals surface area (Å²) in [5, 5.41) is 0. The van der Waals surface area contributed by atoms with Gasteiger partial charge in [0.25, 0.3) is 0 Å². The van der Waals surface area contributed by atoms with Crippen molar-refractivity contribution < 1.29 is 14.2 Å². The number of nitrogen functional groups attached to an aromatic ring is 1. The highest BCUT2D eigenvalue weighted by atomic mass is 16.5. The fourth-order valence-electron chi connectivity index (χ4n) is 1.79. The van der Waals surface area contributed by atoms with Crippen LogP contribution >= 0.6 is 0 Å². The molecule has 0 heterocycles. The largest absolute Gasteiger partial charge is 0.489 e. The zero-order valence-electron chi connectivity index (χ0n) is 11.5. The van der Waals surface area contributed by atoms with Crippen LogP contribution in [0.25, 0.3) is 0 Å². The van der Waals surface area contributed by atoms with E-state index in [1.165, 1.54) is 0 Å². The second-order valence-electron chi connectivity index (χ2n) is 4.31. The molecular weight excluding hydrogens is 230 g/mol. The first kappa shape index (κ1) is 14.8. The Morgan fingerprint density at radius 1 is 1.06 bits per heavy atom. The maximum absolute atomic E-state index is 5.92. The number of rotatable bonds is 8. The molecule has 0 bridgehead atoms. The van der Waals surface area contributed by atoms with Crippen molar-refractivity contribution in [3.8, 4) is 5.75 Å². The smallest absolute Gasteiger partial charge is 0.145 e. The topological polar surface area (TPSA) is 53.7 Å². The summed E-state index contributed by atoms with van der Waals surface area (Å²) in [6.07, 6.45) is 0.905. The van der Waals surface area contributed by atoms with Crippen LogP contribution in [0.1, 0.15) is 17.5 Å². The van der Waals surface area contributed by atoms with E-state index in [1.807, 2.05) is 19.9 Å². The molecule has 0 aromatic heterocycles. The second-order valence-corrected chi connectivity index (χ2v) is 4.31. The lowest BCUT2D eigenvalue weighted by molar-refractivity contribution is 0.0807. The van der Waals surface area contributed by atoms with E-state index in [9.17, 15) is 0 Å².